The van der Waals surface area contributed by atoms with Gasteiger partial charge in [-0.05, 0) is 54.7 Å². The monoisotopic (exact) mass is 423 g/mol. The van der Waals surface area contributed by atoms with Crippen molar-refractivity contribution in [1.82, 2.24) is 10.2 Å². The van der Waals surface area contributed by atoms with E-state index in [1.165, 1.54) is 30.6 Å². The van der Waals surface area contributed by atoms with Gasteiger partial charge in [-0.2, -0.15) is 0 Å². The zero-order valence-corrected chi connectivity index (χ0v) is 18.0. The number of carbonyl (C=O) groups excluding carboxylic acids is 2. The number of nitrogens with one attached hydrogen (secondary N) is 2. The van der Waals surface area contributed by atoms with Crippen molar-refractivity contribution in [3.63, 3.8) is 0 Å². The highest BCUT2D eigenvalue weighted by molar-refractivity contribution is 8.00. The maximum absolute atomic E-state index is 12.3. The number of anilines is 1. The fraction of sp³-hybridized carbons (Fsp3) is 0.417. The zero-order chi connectivity index (χ0) is 20.8. The van der Waals surface area contributed by atoms with E-state index in [1.807, 2.05) is 47.0 Å². The van der Waals surface area contributed by atoms with E-state index < -0.39 is 0 Å². The Kier molecular flexibility index (Phi) is 6.95. The second-order valence-electron chi connectivity index (χ2n) is 8.10. The summed E-state index contributed by atoms with van der Waals surface area (Å²) < 4.78 is 0. The highest BCUT2D eigenvalue weighted by atomic mass is 32.2. The van der Waals surface area contributed by atoms with E-state index in [-0.39, 0.29) is 11.9 Å². The SMILES string of the molecule is O=C(NCc1cccc(CN2CCCC2=O)c1)Nc1ccc(SC2CCCC2)cc1. The molecule has 6 heteroatoms. The summed E-state index contributed by atoms with van der Waals surface area (Å²) in [4.78, 5) is 27.3. The maximum Gasteiger partial charge on any atom is 0.319 e. The molecule has 5 nitrogen and oxygen atoms in total. The van der Waals surface area contributed by atoms with Crippen LogP contribution in [-0.4, -0.2) is 28.6 Å². The lowest BCUT2D eigenvalue weighted by atomic mass is 10.1. The van der Waals surface area contributed by atoms with Crippen LogP contribution in [0.15, 0.2) is 53.4 Å². The topological polar surface area (TPSA) is 61.4 Å². The molecule has 2 aliphatic rings. The van der Waals surface area contributed by atoms with Gasteiger partial charge in [-0.3, -0.25) is 4.79 Å². The van der Waals surface area contributed by atoms with Gasteiger partial charge in [0.25, 0.3) is 0 Å². The predicted octanol–water partition coefficient (Wildman–Crippen LogP) is 5.17. The molecule has 2 fully saturated rings. The molecule has 0 bridgehead atoms. The van der Waals surface area contributed by atoms with Gasteiger partial charge in [-0.1, -0.05) is 37.1 Å². The number of likely N-dealkylation sites (tertiary alicyclic amines) is 1. The van der Waals surface area contributed by atoms with Crippen molar-refractivity contribution in [2.24, 2.45) is 0 Å². The van der Waals surface area contributed by atoms with E-state index in [1.54, 1.807) is 0 Å². The Hall–Kier alpha value is -2.47. The van der Waals surface area contributed by atoms with Crippen LogP contribution in [0.2, 0.25) is 0 Å². The van der Waals surface area contributed by atoms with Crippen LogP contribution in [0.4, 0.5) is 10.5 Å². The maximum atomic E-state index is 12.3. The smallest absolute Gasteiger partial charge is 0.319 e. The summed E-state index contributed by atoms with van der Waals surface area (Å²) in [5.41, 5.74) is 2.92. The number of hydrogen-bond acceptors (Lipinski definition) is 3. The van der Waals surface area contributed by atoms with E-state index in [0.717, 1.165) is 35.0 Å². The highest BCUT2D eigenvalue weighted by Gasteiger charge is 2.20. The van der Waals surface area contributed by atoms with Crippen molar-refractivity contribution in [2.45, 2.75) is 61.8 Å². The second kappa shape index (κ2) is 10.0. The first-order valence-corrected chi connectivity index (χ1v) is 11.7. The molecule has 0 atom stereocenters. The lowest BCUT2D eigenvalue weighted by molar-refractivity contribution is -0.128. The fourth-order valence-electron chi connectivity index (χ4n) is 4.10. The van der Waals surface area contributed by atoms with Gasteiger partial charge in [0.1, 0.15) is 0 Å². The van der Waals surface area contributed by atoms with Gasteiger partial charge in [0, 0.05) is 41.9 Å². The number of thioether (sulfide) groups is 1. The molecular formula is C24H29N3O2S. The lowest BCUT2D eigenvalue weighted by Crippen LogP contribution is -2.28. The van der Waals surface area contributed by atoms with Gasteiger partial charge in [0.2, 0.25) is 5.91 Å². The number of carbonyl (C=O) groups is 2. The van der Waals surface area contributed by atoms with Crippen molar-refractivity contribution in [2.75, 3.05) is 11.9 Å². The predicted molar refractivity (Wildman–Crippen MR) is 122 cm³/mol. The standard InChI is InChI=1S/C24H29N3O2S/c28-23-9-4-14-27(23)17-19-6-3-5-18(15-19)16-25-24(29)26-20-10-12-22(13-11-20)30-21-7-1-2-8-21/h3,5-6,10-13,15,21H,1-2,4,7-9,14,16-17H2,(H2,25,26,29). The molecule has 1 saturated heterocycles. The van der Waals surface area contributed by atoms with Crippen molar-refractivity contribution in [1.29, 1.82) is 0 Å². The average Bonchev–Trinajstić information content (AvgIpc) is 3.40. The summed E-state index contributed by atoms with van der Waals surface area (Å²) in [6, 6.07) is 15.9. The number of urea groups is 1. The van der Waals surface area contributed by atoms with Crippen molar-refractivity contribution in [3.8, 4) is 0 Å². The first-order chi connectivity index (χ1) is 14.7. The molecule has 4 rings (SSSR count). The molecule has 1 heterocycles. The molecular weight excluding hydrogens is 394 g/mol. The summed E-state index contributed by atoms with van der Waals surface area (Å²) in [5.74, 6) is 0.227. The van der Waals surface area contributed by atoms with Crippen LogP contribution in [0.1, 0.15) is 49.7 Å². The van der Waals surface area contributed by atoms with E-state index >= 15 is 0 Å². The van der Waals surface area contributed by atoms with Gasteiger partial charge in [-0.15, -0.1) is 11.8 Å². The van der Waals surface area contributed by atoms with Crippen LogP contribution in [0.3, 0.4) is 0 Å². The summed E-state index contributed by atoms with van der Waals surface area (Å²) in [6.45, 7) is 1.93. The molecule has 1 aliphatic carbocycles. The van der Waals surface area contributed by atoms with Crippen LogP contribution < -0.4 is 10.6 Å². The van der Waals surface area contributed by atoms with Gasteiger partial charge in [-0.25, -0.2) is 4.79 Å². The van der Waals surface area contributed by atoms with E-state index in [4.69, 9.17) is 0 Å². The minimum Gasteiger partial charge on any atom is -0.338 e. The third-order valence-electron chi connectivity index (χ3n) is 5.71. The Morgan fingerprint density at radius 3 is 2.53 bits per heavy atom. The van der Waals surface area contributed by atoms with E-state index in [9.17, 15) is 9.59 Å². The molecule has 2 aromatic rings. The summed E-state index contributed by atoms with van der Waals surface area (Å²) >= 11 is 1.95. The Morgan fingerprint density at radius 2 is 1.80 bits per heavy atom. The number of nitrogens with zero attached hydrogens (tertiary/aromatic N) is 1. The van der Waals surface area contributed by atoms with Crippen LogP contribution in [0, 0.1) is 0 Å². The normalized spacial score (nSPS) is 16.8. The Balaban J connectivity index is 1.24. The number of rotatable bonds is 7. The van der Waals surface area contributed by atoms with Gasteiger partial charge >= 0.3 is 6.03 Å². The van der Waals surface area contributed by atoms with Crippen molar-refractivity contribution in [3.05, 3.63) is 59.7 Å². The molecule has 2 aromatic carbocycles. The van der Waals surface area contributed by atoms with Crippen LogP contribution in [0.25, 0.3) is 0 Å². The lowest BCUT2D eigenvalue weighted by Gasteiger charge is -2.16. The van der Waals surface area contributed by atoms with Crippen LogP contribution >= 0.6 is 11.8 Å². The first kappa shape index (κ1) is 20.8. The Morgan fingerprint density at radius 1 is 1.03 bits per heavy atom. The van der Waals surface area contributed by atoms with E-state index in [2.05, 4.69) is 28.8 Å². The van der Waals surface area contributed by atoms with E-state index in [0.29, 0.717) is 19.5 Å². The second-order valence-corrected chi connectivity index (χ2v) is 9.47. The van der Waals surface area contributed by atoms with Gasteiger partial charge < -0.3 is 15.5 Å². The molecule has 0 radical (unpaired) electrons. The largest absolute Gasteiger partial charge is 0.338 e. The summed E-state index contributed by atoms with van der Waals surface area (Å²) in [6.07, 6.45) is 6.90. The molecule has 1 saturated carbocycles. The van der Waals surface area contributed by atoms with Crippen LogP contribution in [-0.2, 0) is 17.9 Å². The molecule has 158 valence electrons. The first-order valence-electron chi connectivity index (χ1n) is 10.8. The molecule has 1 aliphatic heterocycles. The molecule has 30 heavy (non-hydrogen) atoms. The number of amides is 3. The van der Waals surface area contributed by atoms with Crippen molar-refractivity contribution >= 4 is 29.4 Å². The molecule has 2 N–H and O–H groups in total. The molecule has 0 spiro atoms. The highest BCUT2D eigenvalue weighted by Crippen LogP contribution is 2.34. The van der Waals surface area contributed by atoms with Crippen LogP contribution in [0.5, 0.6) is 0 Å². The minimum atomic E-state index is -0.216. The van der Waals surface area contributed by atoms with Gasteiger partial charge in [0.05, 0.1) is 0 Å². The quantitative estimate of drug-likeness (QED) is 0.646. The van der Waals surface area contributed by atoms with Crippen molar-refractivity contribution < 1.29 is 9.59 Å². The molecule has 0 aromatic heterocycles. The Labute approximate surface area is 182 Å². The third-order valence-corrected chi connectivity index (χ3v) is 7.06. The number of hydrogen-bond donors (Lipinski definition) is 2. The summed E-state index contributed by atoms with van der Waals surface area (Å²) in [7, 11) is 0. The zero-order valence-electron chi connectivity index (χ0n) is 17.2. The minimum absolute atomic E-state index is 0.216. The fourth-order valence-corrected chi connectivity index (χ4v) is 5.35. The van der Waals surface area contributed by atoms with Gasteiger partial charge in [0.15, 0.2) is 0 Å². The average molecular weight is 424 g/mol. The number of benzene rings is 2. The molecule has 0 unspecified atom stereocenters. The third kappa shape index (κ3) is 5.79. The summed E-state index contributed by atoms with van der Waals surface area (Å²) in [5, 5.41) is 6.56. The Bertz CT molecular complexity index is 878. The molecule has 3 amide bonds.